The molecular weight excluding hydrogens is 242 g/mol. The first-order valence-electron chi connectivity index (χ1n) is 5.40. The zero-order chi connectivity index (χ0) is 13.0. The first-order valence-corrected chi connectivity index (χ1v) is 5.93. The molecule has 0 fully saturated rings. The second-order valence-electron chi connectivity index (χ2n) is 4.23. The van der Waals surface area contributed by atoms with Crippen LogP contribution in [0.15, 0.2) is 12.1 Å². The van der Waals surface area contributed by atoms with Crippen molar-refractivity contribution in [3.8, 4) is 5.75 Å². The van der Waals surface area contributed by atoms with Gasteiger partial charge in [-0.05, 0) is 25.5 Å². The van der Waals surface area contributed by atoms with Gasteiger partial charge in [-0.15, -0.1) is 11.6 Å². The summed E-state index contributed by atoms with van der Waals surface area (Å²) < 4.78 is 5.55. The smallest absolute Gasteiger partial charge is 0.276 e. The summed E-state index contributed by atoms with van der Waals surface area (Å²) in [4.78, 5) is 10.4. The van der Waals surface area contributed by atoms with Crippen molar-refractivity contribution in [1.82, 2.24) is 0 Å². The van der Waals surface area contributed by atoms with Crippen LogP contribution in [0.1, 0.15) is 18.1 Å². The molecule has 0 saturated carbocycles. The van der Waals surface area contributed by atoms with Crippen molar-refractivity contribution in [3.63, 3.8) is 0 Å². The molecule has 1 aromatic carbocycles. The zero-order valence-electron chi connectivity index (χ0n) is 10.2. The van der Waals surface area contributed by atoms with Crippen molar-refractivity contribution >= 4 is 17.3 Å². The van der Waals surface area contributed by atoms with Gasteiger partial charge in [-0.1, -0.05) is 6.92 Å². The molecule has 0 N–H and O–H groups in total. The number of aryl methyl sites for hydroxylation is 2. The second-order valence-corrected chi connectivity index (χ2v) is 4.54. The van der Waals surface area contributed by atoms with Crippen LogP contribution in [0.25, 0.3) is 0 Å². The van der Waals surface area contributed by atoms with E-state index in [-0.39, 0.29) is 11.6 Å². The number of nitro groups is 1. The number of rotatable bonds is 5. The normalized spacial score (nSPS) is 12.2. The van der Waals surface area contributed by atoms with E-state index < -0.39 is 4.92 Å². The Hall–Kier alpha value is -1.29. The summed E-state index contributed by atoms with van der Waals surface area (Å²) in [6, 6.07) is 3.24. The summed E-state index contributed by atoms with van der Waals surface area (Å²) in [7, 11) is 0. The van der Waals surface area contributed by atoms with E-state index in [4.69, 9.17) is 16.3 Å². The Morgan fingerprint density at radius 1 is 1.41 bits per heavy atom. The number of hydrogen-bond donors (Lipinski definition) is 0. The number of alkyl halides is 1. The number of nitro benzene ring substituents is 1. The molecule has 0 spiro atoms. The van der Waals surface area contributed by atoms with E-state index in [9.17, 15) is 10.1 Å². The van der Waals surface area contributed by atoms with Gasteiger partial charge in [-0.3, -0.25) is 10.1 Å². The summed E-state index contributed by atoms with van der Waals surface area (Å²) >= 11 is 5.68. The molecule has 0 amide bonds. The van der Waals surface area contributed by atoms with Crippen LogP contribution in [0.3, 0.4) is 0 Å². The molecule has 0 heterocycles. The zero-order valence-corrected chi connectivity index (χ0v) is 11.0. The topological polar surface area (TPSA) is 52.4 Å². The number of benzene rings is 1. The van der Waals surface area contributed by atoms with E-state index in [2.05, 4.69) is 0 Å². The van der Waals surface area contributed by atoms with E-state index in [1.54, 1.807) is 13.0 Å². The Kier molecular flexibility index (Phi) is 4.75. The van der Waals surface area contributed by atoms with Gasteiger partial charge in [-0.2, -0.15) is 0 Å². The largest absolute Gasteiger partial charge is 0.493 e. The molecule has 0 radical (unpaired) electrons. The van der Waals surface area contributed by atoms with E-state index in [1.165, 1.54) is 6.07 Å². The van der Waals surface area contributed by atoms with Crippen LogP contribution in [-0.4, -0.2) is 17.4 Å². The van der Waals surface area contributed by atoms with Gasteiger partial charge < -0.3 is 4.74 Å². The first kappa shape index (κ1) is 13.8. The van der Waals surface area contributed by atoms with E-state index >= 15 is 0 Å². The monoisotopic (exact) mass is 257 g/mol. The van der Waals surface area contributed by atoms with Gasteiger partial charge in [0.2, 0.25) is 0 Å². The molecule has 4 nitrogen and oxygen atoms in total. The molecule has 0 aliphatic rings. The van der Waals surface area contributed by atoms with Crippen molar-refractivity contribution in [1.29, 1.82) is 0 Å². The van der Waals surface area contributed by atoms with Crippen LogP contribution in [0.4, 0.5) is 5.69 Å². The first-order chi connectivity index (χ1) is 7.95. The molecule has 5 heteroatoms. The Morgan fingerprint density at radius 2 is 2.06 bits per heavy atom. The number of ether oxygens (including phenoxy) is 1. The van der Waals surface area contributed by atoms with Crippen molar-refractivity contribution in [2.24, 2.45) is 5.92 Å². The molecular formula is C12H16ClNO3. The molecule has 17 heavy (non-hydrogen) atoms. The lowest BCUT2D eigenvalue weighted by atomic mass is 10.1. The van der Waals surface area contributed by atoms with Gasteiger partial charge in [0.1, 0.15) is 5.75 Å². The van der Waals surface area contributed by atoms with Crippen molar-refractivity contribution < 1.29 is 9.66 Å². The van der Waals surface area contributed by atoms with Gasteiger partial charge in [-0.25, -0.2) is 0 Å². The molecule has 1 aromatic rings. The summed E-state index contributed by atoms with van der Waals surface area (Å²) in [6.07, 6.45) is 0. The summed E-state index contributed by atoms with van der Waals surface area (Å²) in [6.45, 7) is 6.02. The number of nitrogens with zero attached hydrogens (tertiary/aromatic N) is 1. The molecule has 0 aromatic heterocycles. The van der Waals surface area contributed by atoms with E-state index in [1.807, 2.05) is 13.8 Å². The Bertz CT molecular complexity index is 420. The standard InChI is InChI=1S/C12H16ClNO3/c1-8(6-13)7-17-12-5-11(14(15)16)9(2)4-10(12)3/h4-5,8H,6-7H2,1-3H3. The predicted octanol–water partition coefficient (Wildman–Crippen LogP) is 3.47. The number of hydrogen-bond acceptors (Lipinski definition) is 3. The van der Waals surface area contributed by atoms with Crippen LogP contribution < -0.4 is 4.74 Å². The minimum atomic E-state index is -0.396. The minimum Gasteiger partial charge on any atom is -0.493 e. The quantitative estimate of drug-likeness (QED) is 0.461. The Balaban J connectivity index is 2.92. The van der Waals surface area contributed by atoms with Gasteiger partial charge in [0.05, 0.1) is 17.6 Å². The van der Waals surface area contributed by atoms with Crippen molar-refractivity contribution in [3.05, 3.63) is 33.4 Å². The minimum absolute atomic E-state index is 0.0872. The molecule has 1 rings (SSSR count). The van der Waals surface area contributed by atoms with Crippen LogP contribution in [0, 0.1) is 29.9 Å². The van der Waals surface area contributed by atoms with Gasteiger partial charge >= 0.3 is 0 Å². The maximum Gasteiger partial charge on any atom is 0.276 e. The lowest BCUT2D eigenvalue weighted by Crippen LogP contribution is -2.10. The Morgan fingerprint density at radius 3 is 2.59 bits per heavy atom. The highest BCUT2D eigenvalue weighted by Crippen LogP contribution is 2.28. The maximum absolute atomic E-state index is 10.8. The van der Waals surface area contributed by atoms with E-state index in [0.29, 0.717) is 23.8 Å². The summed E-state index contributed by atoms with van der Waals surface area (Å²) in [5, 5.41) is 10.8. The van der Waals surface area contributed by atoms with Crippen LogP contribution in [-0.2, 0) is 0 Å². The third-order valence-electron chi connectivity index (χ3n) is 2.48. The van der Waals surface area contributed by atoms with Crippen LogP contribution >= 0.6 is 11.6 Å². The fraction of sp³-hybridized carbons (Fsp3) is 0.500. The number of halogens is 1. The van der Waals surface area contributed by atoms with E-state index in [0.717, 1.165) is 5.56 Å². The third kappa shape index (κ3) is 3.60. The molecule has 0 saturated heterocycles. The lowest BCUT2D eigenvalue weighted by molar-refractivity contribution is -0.385. The molecule has 94 valence electrons. The summed E-state index contributed by atoms with van der Waals surface area (Å²) in [5.41, 5.74) is 1.63. The lowest BCUT2D eigenvalue weighted by Gasteiger charge is -2.12. The SMILES string of the molecule is Cc1cc(C)c([N+](=O)[O-])cc1OCC(C)CCl. The summed E-state index contributed by atoms with van der Waals surface area (Å²) in [5.74, 6) is 1.28. The highest BCUT2D eigenvalue weighted by molar-refractivity contribution is 6.18. The molecule has 0 bridgehead atoms. The fourth-order valence-electron chi connectivity index (χ4n) is 1.45. The van der Waals surface area contributed by atoms with Gasteiger partial charge in [0, 0.05) is 17.4 Å². The van der Waals surface area contributed by atoms with Gasteiger partial charge in [0.15, 0.2) is 0 Å². The van der Waals surface area contributed by atoms with Crippen molar-refractivity contribution in [2.45, 2.75) is 20.8 Å². The molecule has 0 aliphatic carbocycles. The highest BCUT2D eigenvalue weighted by Gasteiger charge is 2.14. The molecule has 1 atom stereocenters. The highest BCUT2D eigenvalue weighted by atomic mass is 35.5. The fourth-order valence-corrected chi connectivity index (χ4v) is 1.54. The van der Waals surface area contributed by atoms with Gasteiger partial charge in [0.25, 0.3) is 5.69 Å². The van der Waals surface area contributed by atoms with Crippen LogP contribution in [0.5, 0.6) is 5.75 Å². The van der Waals surface area contributed by atoms with Crippen LogP contribution in [0.2, 0.25) is 0 Å². The molecule has 1 unspecified atom stereocenters. The predicted molar refractivity (Wildman–Crippen MR) is 67.9 cm³/mol. The average molecular weight is 258 g/mol. The Labute approximate surface area is 106 Å². The van der Waals surface area contributed by atoms with Crippen molar-refractivity contribution in [2.75, 3.05) is 12.5 Å². The third-order valence-corrected chi connectivity index (χ3v) is 3.00. The second kappa shape index (κ2) is 5.87. The average Bonchev–Trinajstić information content (AvgIpc) is 2.26. The molecule has 0 aliphatic heterocycles. The maximum atomic E-state index is 10.8.